The van der Waals surface area contributed by atoms with Crippen LogP contribution in [0.5, 0.6) is 5.75 Å². The fraction of sp³-hybridized carbons (Fsp3) is 0.118. The molecule has 0 saturated carbocycles. The molecule has 0 unspecified atom stereocenters. The highest BCUT2D eigenvalue weighted by molar-refractivity contribution is 5.86. The third-order valence-corrected chi connectivity index (χ3v) is 2.74. The van der Waals surface area contributed by atoms with E-state index < -0.39 is 6.09 Å². The zero-order chi connectivity index (χ0) is 15.1. The maximum atomic E-state index is 11.8. The van der Waals surface area contributed by atoms with Gasteiger partial charge in [-0.15, -0.1) is 0 Å². The van der Waals surface area contributed by atoms with E-state index in [0.717, 1.165) is 11.1 Å². The van der Waals surface area contributed by atoms with Crippen molar-refractivity contribution in [3.05, 3.63) is 59.7 Å². The van der Waals surface area contributed by atoms with Crippen molar-refractivity contribution in [3.63, 3.8) is 0 Å². The minimum atomic E-state index is -0.564. The number of amides is 1. The van der Waals surface area contributed by atoms with Gasteiger partial charge in [0.1, 0.15) is 12.4 Å². The average molecular weight is 281 g/mol. The van der Waals surface area contributed by atoms with E-state index in [2.05, 4.69) is 17.2 Å². The number of aliphatic hydroxyl groups is 1. The van der Waals surface area contributed by atoms with E-state index in [1.54, 1.807) is 36.4 Å². The number of nitrogens with one attached hydrogen (secondary N) is 1. The SMILES string of the molecule is Cc1ccc(NC(=O)Oc2ccccc2)cc1C#CCO. The molecule has 4 nitrogen and oxygen atoms in total. The van der Waals surface area contributed by atoms with Crippen LogP contribution in [0, 0.1) is 18.8 Å². The lowest BCUT2D eigenvalue weighted by atomic mass is 10.1. The molecule has 0 aromatic heterocycles. The number of hydrogen-bond acceptors (Lipinski definition) is 3. The van der Waals surface area contributed by atoms with Gasteiger partial charge in [-0.1, -0.05) is 36.1 Å². The zero-order valence-corrected chi connectivity index (χ0v) is 11.6. The summed E-state index contributed by atoms with van der Waals surface area (Å²) in [5, 5.41) is 11.4. The third-order valence-electron chi connectivity index (χ3n) is 2.74. The number of carbonyl (C=O) groups is 1. The largest absolute Gasteiger partial charge is 0.417 e. The van der Waals surface area contributed by atoms with Crippen molar-refractivity contribution >= 4 is 11.8 Å². The summed E-state index contributed by atoms with van der Waals surface area (Å²) in [5.41, 5.74) is 2.31. The Bertz CT molecular complexity index is 684. The Morgan fingerprint density at radius 1 is 1.24 bits per heavy atom. The molecular weight excluding hydrogens is 266 g/mol. The summed E-state index contributed by atoms with van der Waals surface area (Å²) < 4.78 is 5.14. The van der Waals surface area contributed by atoms with Gasteiger partial charge in [0.25, 0.3) is 0 Å². The van der Waals surface area contributed by atoms with Crippen molar-refractivity contribution in [3.8, 4) is 17.6 Å². The molecule has 2 aromatic carbocycles. The summed E-state index contributed by atoms with van der Waals surface area (Å²) in [6, 6.07) is 14.2. The van der Waals surface area contributed by atoms with E-state index in [4.69, 9.17) is 9.84 Å². The fourth-order valence-electron chi connectivity index (χ4n) is 1.71. The summed E-state index contributed by atoms with van der Waals surface area (Å²) in [4.78, 5) is 11.8. The Morgan fingerprint density at radius 2 is 2.00 bits per heavy atom. The van der Waals surface area contributed by atoms with Crippen LogP contribution in [0.3, 0.4) is 0 Å². The van der Waals surface area contributed by atoms with Crippen molar-refractivity contribution in [1.82, 2.24) is 0 Å². The first kappa shape index (κ1) is 14.6. The van der Waals surface area contributed by atoms with Gasteiger partial charge in [0, 0.05) is 11.3 Å². The van der Waals surface area contributed by atoms with Crippen LogP contribution in [-0.2, 0) is 0 Å². The molecule has 0 spiro atoms. The molecule has 0 bridgehead atoms. The number of para-hydroxylation sites is 1. The van der Waals surface area contributed by atoms with E-state index >= 15 is 0 Å². The van der Waals surface area contributed by atoms with Gasteiger partial charge in [-0.25, -0.2) is 4.79 Å². The normalized spacial score (nSPS) is 9.43. The molecule has 106 valence electrons. The number of anilines is 1. The zero-order valence-electron chi connectivity index (χ0n) is 11.6. The number of carbonyl (C=O) groups excluding carboxylic acids is 1. The Hall–Kier alpha value is -2.77. The summed E-state index contributed by atoms with van der Waals surface area (Å²) >= 11 is 0. The molecule has 2 N–H and O–H groups in total. The van der Waals surface area contributed by atoms with E-state index in [1.807, 2.05) is 19.1 Å². The summed E-state index contributed by atoms with van der Waals surface area (Å²) in [6.07, 6.45) is -0.564. The van der Waals surface area contributed by atoms with Gasteiger partial charge in [0.05, 0.1) is 0 Å². The number of hydrogen-bond donors (Lipinski definition) is 2. The van der Waals surface area contributed by atoms with Crippen LogP contribution < -0.4 is 10.1 Å². The molecule has 2 rings (SSSR count). The minimum Gasteiger partial charge on any atom is -0.410 e. The van der Waals surface area contributed by atoms with Crippen molar-refractivity contribution in [2.75, 3.05) is 11.9 Å². The first-order valence-electron chi connectivity index (χ1n) is 6.43. The lowest BCUT2D eigenvalue weighted by molar-refractivity contribution is 0.215. The number of ether oxygens (including phenoxy) is 1. The average Bonchev–Trinajstić information content (AvgIpc) is 2.48. The first-order valence-corrected chi connectivity index (χ1v) is 6.43. The molecule has 2 aromatic rings. The number of rotatable bonds is 2. The number of aliphatic hydroxyl groups excluding tert-OH is 1. The van der Waals surface area contributed by atoms with Crippen LogP contribution in [0.4, 0.5) is 10.5 Å². The smallest absolute Gasteiger partial charge is 0.410 e. The minimum absolute atomic E-state index is 0.201. The van der Waals surface area contributed by atoms with Gasteiger partial charge >= 0.3 is 6.09 Å². The lowest BCUT2D eigenvalue weighted by Gasteiger charge is -2.08. The van der Waals surface area contributed by atoms with Crippen molar-refractivity contribution in [2.45, 2.75) is 6.92 Å². The molecule has 0 radical (unpaired) electrons. The van der Waals surface area contributed by atoms with E-state index in [9.17, 15) is 4.79 Å². The van der Waals surface area contributed by atoms with Gasteiger partial charge in [-0.2, -0.15) is 0 Å². The van der Waals surface area contributed by atoms with Crippen LogP contribution in [0.25, 0.3) is 0 Å². The highest BCUT2D eigenvalue weighted by atomic mass is 16.6. The topological polar surface area (TPSA) is 58.6 Å². The van der Waals surface area contributed by atoms with Gasteiger partial charge in [-0.3, -0.25) is 5.32 Å². The molecule has 0 fully saturated rings. The highest BCUT2D eigenvalue weighted by Gasteiger charge is 2.06. The number of benzene rings is 2. The summed E-state index contributed by atoms with van der Waals surface area (Å²) in [7, 11) is 0. The molecule has 0 aliphatic rings. The van der Waals surface area contributed by atoms with Crippen LogP contribution in [0.1, 0.15) is 11.1 Å². The van der Waals surface area contributed by atoms with Gasteiger partial charge < -0.3 is 9.84 Å². The molecule has 21 heavy (non-hydrogen) atoms. The van der Waals surface area contributed by atoms with Crippen molar-refractivity contribution in [2.24, 2.45) is 0 Å². The molecule has 1 amide bonds. The second-order valence-electron chi connectivity index (χ2n) is 4.32. The molecule has 0 atom stereocenters. The summed E-state index contributed by atoms with van der Waals surface area (Å²) in [5.74, 6) is 5.90. The number of aryl methyl sites for hydroxylation is 1. The third kappa shape index (κ3) is 4.37. The van der Waals surface area contributed by atoms with Crippen LogP contribution >= 0.6 is 0 Å². The lowest BCUT2D eigenvalue weighted by Crippen LogP contribution is -2.16. The maximum absolute atomic E-state index is 11.8. The predicted octanol–water partition coefficient (Wildman–Crippen LogP) is 2.95. The second kappa shape index (κ2) is 7.13. The molecule has 0 heterocycles. The van der Waals surface area contributed by atoms with Crippen molar-refractivity contribution in [1.29, 1.82) is 0 Å². The van der Waals surface area contributed by atoms with Crippen LogP contribution in [-0.4, -0.2) is 17.8 Å². The van der Waals surface area contributed by atoms with Gasteiger partial charge in [0.15, 0.2) is 0 Å². The van der Waals surface area contributed by atoms with E-state index in [0.29, 0.717) is 11.4 Å². The van der Waals surface area contributed by atoms with Gasteiger partial charge in [-0.05, 0) is 36.8 Å². The van der Waals surface area contributed by atoms with Gasteiger partial charge in [0.2, 0.25) is 0 Å². The summed E-state index contributed by atoms with van der Waals surface area (Å²) in [6.45, 7) is 1.71. The molecular formula is C17H15NO3. The second-order valence-corrected chi connectivity index (χ2v) is 4.32. The fourth-order valence-corrected chi connectivity index (χ4v) is 1.71. The standard InChI is InChI=1S/C17H15NO3/c1-13-9-10-15(12-14(13)6-5-11-19)18-17(20)21-16-7-3-2-4-8-16/h2-4,7-10,12,19H,11H2,1H3,(H,18,20). The Kier molecular flexibility index (Phi) is 4.97. The van der Waals surface area contributed by atoms with Crippen LogP contribution in [0.2, 0.25) is 0 Å². The molecule has 0 aliphatic heterocycles. The molecule has 0 aliphatic carbocycles. The predicted molar refractivity (Wildman–Crippen MR) is 81.2 cm³/mol. The van der Waals surface area contributed by atoms with Crippen LogP contribution in [0.15, 0.2) is 48.5 Å². The Morgan fingerprint density at radius 3 is 2.71 bits per heavy atom. The first-order chi connectivity index (χ1) is 10.2. The van der Waals surface area contributed by atoms with Crippen molar-refractivity contribution < 1.29 is 14.6 Å². The molecule has 0 saturated heterocycles. The van der Waals surface area contributed by atoms with E-state index in [1.165, 1.54) is 0 Å². The van der Waals surface area contributed by atoms with E-state index in [-0.39, 0.29) is 6.61 Å². The monoisotopic (exact) mass is 281 g/mol. The highest BCUT2D eigenvalue weighted by Crippen LogP contribution is 2.16. The maximum Gasteiger partial charge on any atom is 0.417 e. The Labute approximate surface area is 123 Å². The Balaban J connectivity index is 2.07. The quantitative estimate of drug-likeness (QED) is 0.832. The molecule has 4 heteroatoms.